The maximum absolute atomic E-state index is 10.3. The summed E-state index contributed by atoms with van der Waals surface area (Å²) in [6, 6.07) is 10.1. The second kappa shape index (κ2) is 5.83. The van der Waals surface area contributed by atoms with E-state index in [1.807, 2.05) is 35.3 Å². The van der Waals surface area contributed by atoms with Crippen LogP contribution in [0.3, 0.4) is 0 Å². The van der Waals surface area contributed by atoms with E-state index in [1.54, 1.807) is 0 Å². The standard InChI is InChI=1S/C15H20N2O/c1-3-17-11-13(10-16-17)9-15(18)12(2)14-7-5-4-6-8-14/h4-8,10-12,15,18H,3,9H2,1-2H3. The molecule has 0 saturated carbocycles. The van der Waals surface area contributed by atoms with Gasteiger partial charge >= 0.3 is 0 Å². The van der Waals surface area contributed by atoms with Gasteiger partial charge in [-0.05, 0) is 18.1 Å². The zero-order valence-electron chi connectivity index (χ0n) is 11.0. The van der Waals surface area contributed by atoms with Gasteiger partial charge in [-0.1, -0.05) is 37.3 Å². The van der Waals surface area contributed by atoms with Gasteiger partial charge in [-0.15, -0.1) is 0 Å². The highest BCUT2D eigenvalue weighted by molar-refractivity contribution is 5.21. The van der Waals surface area contributed by atoms with Crippen LogP contribution in [0.4, 0.5) is 0 Å². The van der Waals surface area contributed by atoms with E-state index >= 15 is 0 Å². The van der Waals surface area contributed by atoms with Gasteiger partial charge in [-0.3, -0.25) is 4.68 Å². The van der Waals surface area contributed by atoms with E-state index in [9.17, 15) is 5.11 Å². The first-order valence-corrected chi connectivity index (χ1v) is 6.45. The van der Waals surface area contributed by atoms with Gasteiger partial charge in [-0.2, -0.15) is 5.10 Å². The molecule has 3 heteroatoms. The van der Waals surface area contributed by atoms with Crippen LogP contribution in [0.15, 0.2) is 42.7 Å². The molecule has 2 atom stereocenters. The molecule has 2 rings (SSSR count). The Bertz CT molecular complexity index is 478. The van der Waals surface area contributed by atoms with E-state index in [2.05, 4.69) is 31.1 Å². The fraction of sp³-hybridized carbons (Fsp3) is 0.400. The summed E-state index contributed by atoms with van der Waals surface area (Å²) in [7, 11) is 0. The van der Waals surface area contributed by atoms with Crippen molar-refractivity contribution in [3.8, 4) is 0 Å². The first-order valence-electron chi connectivity index (χ1n) is 6.45. The van der Waals surface area contributed by atoms with E-state index in [0.717, 1.165) is 12.1 Å². The van der Waals surface area contributed by atoms with Crippen LogP contribution in [0.2, 0.25) is 0 Å². The molecule has 96 valence electrons. The summed E-state index contributed by atoms with van der Waals surface area (Å²) >= 11 is 0. The summed E-state index contributed by atoms with van der Waals surface area (Å²) in [6.07, 6.45) is 4.11. The van der Waals surface area contributed by atoms with Crippen molar-refractivity contribution in [1.82, 2.24) is 9.78 Å². The Labute approximate surface area is 108 Å². The highest BCUT2D eigenvalue weighted by atomic mass is 16.3. The van der Waals surface area contributed by atoms with E-state index in [0.29, 0.717) is 6.42 Å². The monoisotopic (exact) mass is 244 g/mol. The Balaban J connectivity index is 2.01. The molecular weight excluding hydrogens is 224 g/mol. The van der Waals surface area contributed by atoms with Crippen LogP contribution >= 0.6 is 0 Å². The molecule has 0 saturated heterocycles. The van der Waals surface area contributed by atoms with Crippen molar-refractivity contribution in [2.24, 2.45) is 0 Å². The van der Waals surface area contributed by atoms with Crippen LogP contribution in [-0.2, 0) is 13.0 Å². The number of aromatic nitrogens is 2. The highest BCUT2D eigenvalue weighted by Crippen LogP contribution is 2.21. The van der Waals surface area contributed by atoms with Gasteiger partial charge in [0.15, 0.2) is 0 Å². The number of aliphatic hydroxyl groups is 1. The first-order chi connectivity index (χ1) is 8.70. The molecule has 1 aromatic heterocycles. The molecule has 1 heterocycles. The predicted molar refractivity (Wildman–Crippen MR) is 72.5 cm³/mol. The SMILES string of the molecule is CCn1cc(CC(O)C(C)c2ccccc2)cn1. The van der Waals surface area contributed by atoms with Crippen LogP contribution in [0.1, 0.15) is 30.9 Å². The van der Waals surface area contributed by atoms with Crippen LogP contribution in [0.25, 0.3) is 0 Å². The van der Waals surface area contributed by atoms with Crippen molar-refractivity contribution in [2.75, 3.05) is 0 Å². The van der Waals surface area contributed by atoms with Crippen molar-refractivity contribution < 1.29 is 5.11 Å². The summed E-state index contributed by atoms with van der Waals surface area (Å²) in [5.74, 6) is 0.135. The van der Waals surface area contributed by atoms with Gasteiger partial charge < -0.3 is 5.11 Å². The number of rotatable bonds is 5. The van der Waals surface area contributed by atoms with Crippen molar-refractivity contribution in [3.05, 3.63) is 53.9 Å². The summed E-state index contributed by atoms with van der Waals surface area (Å²) < 4.78 is 1.88. The van der Waals surface area contributed by atoms with Crippen molar-refractivity contribution in [3.63, 3.8) is 0 Å². The Kier molecular flexibility index (Phi) is 4.15. The largest absolute Gasteiger partial charge is 0.392 e. The minimum atomic E-state index is -0.373. The number of hydrogen-bond acceptors (Lipinski definition) is 2. The second-order valence-corrected chi connectivity index (χ2v) is 4.68. The van der Waals surface area contributed by atoms with E-state index < -0.39 is 0 Å². The van der Waals surface area contributed by atoms with Gasteiger partial charge in [0.2, 0.25) is 0 Å². The Morgan fingerprint density at radius 2 is 2.00 bits per heavy atom. The van der Waals surface area contributed by atoms with Crippen LogP contribution < -0.4 is 0 Å². The molecule has 0 bridgehead atoms. The zero-order valence-corrected chi connectivity index (χ0v) is 11.0. The molecule has 2 aromatic rings. The van der Waals surface area contributed by atoms with Crippen molar-refractivity contribution >= 4 is 0 Å². The number of benzene rings is 1. The van der Waals surface area contributed by atoms with Gasteiger partial charge in [0.05, 0.1) is 12.3 Å². The number of aliphatic hydroxyl groups excluding tert-OH is 1. The lowest BCUT2D eigenvalue weighted by Crippen LogP contribution is -2.18. The Hall–Kier alpha value is -1.61. The maximum Gasteiger partial charge on any atom is 0.0647 e. The summed E-state index contributed by atoms with van der Waals surface area (Å²) in [5, 5.41) is 14.5. The van der Waals surface area contributed by atoms with Gasteiger partial charge in [-0.25, -0.2) is 0 Å². The molecule has 0 fully saturated rings. The lowest BCUT2D eigenvalue weighted by atomic mass is 9.92. The molecule has 0 amide bonds. The lowest BCUT2D eigenvalue weighted by Gasteiger charge is -2.18. The second-order valence-electron chi connectivity index (χ2n) is 4.68. The van der Waals surface area contributed by atoms with Crippen LogP contribution in [-0.4, -0.2) is 21.0 Å². The normalized spacial score (nSPS) is 14.4. The summed E-state index contributed by atoms with van der Waals surface area (Å²) in [4.78, 5) is 0. The molecule has 0 radical (unpaired) electrons. The minimum Gasteiger partial charge on any atom is -0.392 e. The third-order valence-electron chi connectivity index (χ3n) is 3.36. The summed E-state index contributed by atoms with van der Waals surface area (Å²) in [5.41, 5.74) is 2.26. The Morgan fingerprint density at radius 1 is 1.28 bits per heavy atom. The lowest BCUT2D eigenvalue weighted by molar-refractivity contribution is 0.149. The minimum absolute atomic E-state index is 0.135. The molecule has 2 unspecified atom stereocenters. The topological polar surface area (TPSA) is 38.0 Å². The van der Waals surface area contributed by atoms with E-state index in [-0.39, 0.29) is 12.0 Å². The fourth-order valence-electron chi connectivity index (χ4n) is 2.08. The molecule has 1 N–H and O–H groups in total. The van der Waals surface area contributed by atoms with E-state index in [1.165, 1.54) is 5.56 Å². The third-order valence-corrected chi connectivity index (χ3v) is 3.36. The highest BCUT2D eigenvalue weighted by Gasteiger charge is 2.17. The quantitative estimate of drug-likeness (QED) is 0.878. The average molecular weight is 244 g/mol. The smallest absolute Gasteiger partial charge is 0.0647 e. The molecule has 0 aliphatic heterocycles. The molecular formula is C15H20N2O. The predicted octanol–water partition coefficient (Wildman–Crippen LogP) is 2.61. The number of nitrogens with zero attached hydrogens (tertiary/aromatic N) is 2. The van der Waals surface area contributed by atoms with Crippen molar-refractivity contribution in [1.29, 1.82) is 0 Å². The Morgan fingerprint density at radius 3 is 2.61 bits per heavy atom. The van der Waals surface area contributed by atoms with E-state index in [4.69, 9.17) is 0 Å². The molecule has 0 aliphatic carbocycles. The zero-order chi connectivity index (χ0) is 13.0. The molecule has 3 nitrogen and oxygen atoms in total. The number of aryl methyl sites for hydroxylation is 1. The summed E-state index contributed by atoms with van der Waals surface area (Å²) in [6.45, 7) is 4.98. The van der Waals surface area contributed by atoms with Crippen LogP contribution in [0, 0.1) is 0 Å². The fourth-order valence-corrected chi connectivity index (χ4v) is 2.08. The van der Waals surface area contributed by atoms with Crippen molar-refractivity contribution in [2.45, 2.75) is 38.8 Å². The first kappa shape index (κ1) is 12.8. The molecule has 0 spiro atoms. The van der Waals surface area contributed by atoms with Gasteiger partial charge in [0.25, 0.3) is 0 Å². The average Bonchev–Trinajstić information content (AvgIpc) is 2.86. The molecule has 18 heavy (non-hydrogen) atoms. The number of hydrogen-bond donors (Lipinski definition) is 1. The maximum atomic E-state index is 10.3. The molecule has 1 aromatic carbocycles. The van der Waals surface area contributed by atoms with Gasteiger partial charge in [0.1, 0.15) is 0 Å². The van der Waals surface area contributed by atoms with Gasteiger partial charge in [0, 0.05) is 25.1 Å². The van der Waals surface area contributed by atoms with Crippen LogP contribution in [0.5, 0.6) is 0 Å². The molecule has 0 aliphatic rings. The third kappa shape index (κ3) is 2.99.